The van der Waals surface area contributed by atoms with Crippen molar-refractivity contribution in [2.45, 2.75) is 19.0 Å². The van der Waals surface area contributed by atoms with E-state index in [0.29, 0.717) is 12.1 Å². The Labute approximate surface area is 145 Å². The van der Waals surface area contributed by atoms with Crippen LogP contribution >= 0.6 is 11.8 Å². The third-order valence-corrected chi connectivity index (χ3v) is 4.87. The maximum atomic E-state index is 12.6. The number of aromatic nitrogens is 3. The topological polar surface area (TPSA) is 59.8 Å². The summed E-state index contributed by atoms with van der Waals surface area (Å²) in [7, 11) is 1.96. The maximum absolute atomic E-state index is 12.6. The van der Waals surface area contributed by atoms with Gasteiger partial charge in [0.05, 0.1) is 11.1 Å². The van der Waals surface area contributed by atoms with Crippen LogP contribution in [0.5, 0.6) is 0 Å². The van der Waals surface area contributed by atoms with Crippen LogP contribution in [-0.2, 0) is 7.05 Å². The molecule has 2 heterocycles. The second kappa shape index (κ2) is 7.05. The molecule has 1 amide bonds. The fourth-order valence-corrected chi connectivity index (χ4v) is 3.39. The average Bonchev–Trinajstić information content (AvgIpc) is 2.97. The standard InChI is InChI=1S/C18H20N4OS/c1-12-5-4-6-14-15(11-13(2)21-16(12)14)17(23)19-8-10-24-18-20-7-9-22(18)3/h4-7,9,11H,8,10H2,1-3H3,(H,19,23). The van der Waals surface area contributed by atoms with Gasteiger partial charge in [-0.2, -0.15) is 0 Å². The number of rotatable bonds is 5. The molecule has 0 fully saturated rings. The number of benzene rings is 1. The molecule has 0 aliphatic rings. The molecular formula is C18H20N4OS. The average molecular weight is 340 g/mol. The Morgan fingerprint density at radius 3 is 2.92 bits per heavy atom. The van der Waals surface area contributed by atoms with Gasteiger partial charge in [-0.1, -0.05) is 30.0 Å². The lowest BCUT2D eigenvalue weighted by Gasteiger charge is -2.10. The summed E-state index contributed by atoms with van der Waals surface area (Å²) in [4.78, 5) is 21.4. The molecule has 0 unspecified atom stereocenters. The van der Waals surface area contributed by atoms with Crippen molar-refractivity contribution in [3.8, 4) is 0 Å². The lowest BCUT2D eigenvalue weighted by molar-refractivity contribution is 0.0957. The number of nitrogens with one attached hydrogen (secondary N) is 1. The van der Waals surface area contributed by atoms with Crippen LogP contribution in [0.1, 0.15) is 21.6 Å². The van der Waals surface area contributed by atoms with E-state index < -0.39 is 0 Å². The molecule has 0 saturated heterocycles. The lowest BCUT2D eigenvalue weighted by Crippen LogP contribution is -2.26. The second-order valence-electron chi connectivity index (χ2n) is 5.71. The van der Waals surface area contributed by atoms with Crippen LogP contribution < -0.4 is 5.32 Å². The third-order valence-electron chi connectivity index (χ3n) is 3.81. The van der Waals surface area contributed by atoms with Crippen molar-refractivity contribution >= 4 is 28.6 Å². The second-order valence-corrected chi connectivity index (χ2v) is 6.77. The van der Waals surface area contributed by atoms with E-state index in [2.05, 4.69) is 15.3 Å². The van der Waals surface area contributed by atoms with Crippen LogP contribution in [0.25, 0.3) is 10.9 Å². The van der Waals surface area contributed by atoms with Gasteiger partial charge in [0.25, 0.3) is 5.91 Å². The zero-order chi connectivity index (χ0) is 17.1. The molecule has 3 aromatic rings. The van der Waals surface area contributed by atoms with Gasteiger partial charge in [0.2, 0.25) is 0 Å². The van der Waals surface area contributed by atoms with Crippen LogP contribution in [0.15, 0.2) is 41.8 Å². The number of carbonyl (C=O) groups is 1. The highest BCUT2D eigenvalue weighted by molar-refractivity contribution is 7.99. The molecule has 6 heteroatoms. The van der Waals surface area contributed by atoms with Gasteiger partial charge in [-0.05, 0) is 25.5 Å². The van der Waals surface area contributed by atoms with Gasteiger partial charge in [0, 0.05) is 42.8 Å². The molecular weight excluding hydrogens is 320 g/mol. The van der Waals surface area contributed by atoms with Gasteiger partial charge in [-0.3, -0.25) is 9.78 Å². The summed E-state index contributed by atoms with van der Waals surface area (Å²) in [6, 6.07) is 7.78. The molecule has 0 aliphatic heterocycles. The number of hydrogen-bond acceptors (Lipinski definition) is 4. The Morgan fingerprint density at radius 1 is 1.33 bits per heavy atom. The van der Waals surface area contributed by atoms with Gasteiger partial charge in [0.15, 0.2) is 5.16 Å². The Morgan fingerprint density at radius 2 is 2.17 bits per heavy atom. The highest BCUT2D eigenvalue weighted by Crippen LogP contribution is 2.21. The van der Waals surface area contributed by atoms with Gasteiger partial charge >= 0.3 is 0 Å². The Hall–Kier alpha value is -2.34. The lowest BCUT2D eigenvalue weighted by atomic mass is 10.0. The number of para-hydroxylation sites is 1. The first-order valence-corrected chi connectivity index (χ1v) is 8.80. The minimum atomic E-state index is -0.0588. The molecule has 0 saturated carbocycles. The van der Waals surface area contributed by atoms with E-state index >= 15 is 0 Å². The Balaban J connectivity index is 1.70. The van der Waals surface area contributed by atoms with Crippen molar-refractivity contribution in [2.75, 3.05) is 12.3 Å². The molecule has 3 rings (SSSR count). The highest BCUT2D eigenvalue weighted by atomic mass is 32.2. The predicted molar refractivity (Wildman–Crippen MR) is 97.5 cm³/mol. The number of hydrogen-bond donors (Lipinski definition) is 1. The van der Waals surface area contributed by atoms with Crippen molar-refractivity contribution in [1.29, 1.82) is 0 Å². The van der Waals surface area contributed by atoms with E-state index in [1.807, 2.05) is 55.9 Å². The van der Waals surface area contributed by atoms with Crippen molar-refractivity contribution in [3.05, 3.63) is 53.5 Å². The first-order chi connectivity index (χ1) is 11.6. The number of nitrogens with zero attached hydrogens (tertiary/aromatic N) is 3. The number of pyridine rings is 1. The largest absolute Gasteiger partial charge is 0.351 e. The SMILES string of the molecule is Cc1cc(C(=O)NCCSc2nccn2C)c2cccc(C)c2n1. The quantitative estimate of drug-likeness (QED) is 0.573. The molecule has 124 valence electrons. The van der Waals surface area contributed by atoms with E-state index in [0.717, 1.165) is 33.1 Å². The summed E-state index contributed by atoms with van der Waals surface area (Å²) >= 11 is 1.62. The molecule has 0 spiro atoms. The Bertz CT molecular complexity index is 888. The summed E-state index contributed by atoms with van der Waals surface area (Å²) in [5, 5.41) is 4.84. The zero-order valence-electron chi connectivity index (χ0n) is 14.0. The monoisotopic (exact) mass is 340 g/mol. The Kier molecular flexibility index (Phi) is 4.85. The number of carbonyl (C=O) groups excluding carboxylic acids is 1. The van der Waals surface area contributed by atoms with E-state index in [1.54, 1.807) is 18.0 Å². The molecule has 1 aromatic carbocycles. The summed E-state index contributed by atoms with van der Waals surface area (Å²) < 4.78 is 1.97. The predicted octanol–water partition coefficient (Wildman–Crippen LogP) is 3.11. The molecule has 24 heavy (non-hydrogen) atoms. The number of thioether (sulfide) groups is 1. The summed E-state index contributed by atoms with van der Waals surface area (Å²) in [6.07, 6.45) is 3.68. The van der Waals surface area contributed by atoms with E-state index in [1.165, 1.54) is 0 Å². The third kappa shape index (κ3) is 3.43. The fourth-order valence-electron chi connectivity index (χ4n) is 2.60. The van der Waals surface area contributed by atoms with Crippen molar-refractivity contribution in [1.82, 2.24) is 19.9 Å². The van der Waals surface area contributed by atoms with Crippen molar-refractivity contribution < 1.29 is 4.79 Å². The molecule has 0 radical (unpaired) electrons. The summed E-state index contributed by atoms with van der Waals surface area (Å²) in [6.45, 7) is 4.52. The first-order valence-electron chi connectivity index (χ1n) is 7.81. The molecule has 2 aromatic heterocycles. The van der Waals surface area contributed by atoms with Crippen LogP contribution in [0.4, 0.5) is 0 Å². The van der Waals surface area contributed by atoms with Gasteiger partial charge in [0.1, 0.15) is 0 Å². The molecule has 0 aliphatic carbocycles. The van der Waals surface area contributed by atoms with Crippen LogP contribution in [-0.4, -0.2) is 32.7 Å². The maximum Gasteiger partial charge on any atom is 0.252 e. The molecule has 0 bridgehead atoms. The first kappa shape index (κ1) is 16.5. The zero-order valence-corrected chi connectivity index (χ0v) is 14.9. The minimum absolute atomic E-state index is 0.0588. The van der Waals surface area contributed by atoms with Crippen molar-refractivity contribution in [2.24, 2.45) is 7.05 Å². The van der Waals surface area contributed by atoms with Crippen LogP contribution in [0.2, 0.25) is 0 Å². The number of aryl methyl sites for hydroxylation is 3. The van der Waals surface area contributed by atoms with E-state index in [9.17, 15) is 4.79 Å². The van der Waals surface area contributed by atoms with E-state index in [-0.39, 0.29) is 5.91 Å². The molecule has 5 nitrogen and oxygen atoms in total. The highest BCUT2D eigenvalue weighted by Gasteiger charge is 2.12. The normalized spacial score (nSPS) is 11.0. The number of amides is 1. The van der Waals surface area contributed by atoms with Crippen LogP contribution in [0.3, 0.4) is 0 Å². The number of imidazole rings is 1. The van der Waals surface area contributed by atoms with E-state index in [4.69, 9.17) is 0 Å². The van der Waals surface area contributed by atoms with Crippen LogP contribution in [0, 0.1) is 13.8 Å². The minimum Gasteiger partial charge on any atom is -0.351 e. The fraction of sp³-hybridized carbons (Fsp3) is 0.278. The molecule has 0 atom stereocenters. The summed E-state index contributed by atoms with van der Waals surface area (Å²) in [5.74, 6) is 0.717. The van der Waals surface area contributed by atoms with Gasteiger partial charge in [-0.15, -0.1) is 0 Å². The summed E-state index contributed by atoms with van der Waals surface area (Å²) in [5.41, 5.74) is 3.51. The smallest absolute Gasteiger partial charge is 0.252 e. The van der Waals surface area contributed by atoms with Gasteiger partial charge < -0.3 is 9.88 Å². The van der Waals surface area contributed by atoms with Crippen molar-refractivity contribution in [3.63, 3.8) is 0 Å². The number of fused-ring (bicyclic) bond motifs is 1. The molecule has 1 N–H and O–H groups in total. The van der Waals surface area contributed by atoms with Gasteiger partial charge in [-0.25, -0.2) is 4.98 Å².